The van der Waals surface area contributed by atoms with Crippen LogP contribution in [0.2, 0.25) is 0 Å². The fourth-order valence-corrected chi connectivity index (χ4v) is 3.58. The average molecular weight is 387 g/mol. The molecule has 0 radical (unpaired) electrons. The first-order valence-corrected chi connectivity index (χ1v) is 9.97. The largest absolute Gasteiger partial charge is 0.337 e. The van der Waals surface area contributed by atoms with E-state index in [4.69, 9.17) is 0 Å². The SMILES string of the molecule is O=C(c1cccc(Nc2ncccn2)c1)N1CCCN(Cc2ccccc2)CC1. The first-order valence-electron chi connectivity index (χ1n) is 9.97. The second-order valence-corrected chi connectivity index (χ2v) is 7.19. The molecule has 1 saturated heterocycles. The van der Waals surface area contributed by atoms with Crippen molar-refractivity contribution in [3.63, 3.8) is 0 Å². The number of aromatic nitrogens is 2. The summed E-state index contributed by atoms with van der Waals surface area (Å²) in [5, 5.41) is 3.15. The minimum absolute atomic E-state index is 0.0733. The maximum atomic E-state index is 13.1. The zero-order chi connectivity index (χ0) is 19.9. The zero-order valence-corrected chi connectivity index (χ0v) is 16.4. The Labute approximate surface area is 171 Å². The van der Waals surface area contributed by atoms with Gasteiger partial charge in [-0.15, -0.1) is 0 Å². The molecule has 1 amide bonds. The van der Waals surface area contributed by atoms with Gasteiger partial charge in [0.05, 0.1) is 0 Å². The van der Waals surface area contributed by atoms with Gasteiger partial charge in [-0.25, -0.2) is 9.97 Å². The molecule has 6 heteroatoms. The summed E-state index contributed by atoms with van der Waals surface area (Å²) in [6, 6.07) is 19.8. The first kappa shape index (κ1) is 19.1. The summed E-state index contributed by atoms with van der Waals surface area (Å²) in [4.78, 5) is 25.8. The van der Waals surface area contributed by atoms with E-state index in [0.717, 1.165) is 44.8 Å². The van der Waals surface area contributed by atoms with Crippen molar-refractivity contribution in [1.29, 1.82) is 0 Å². The number of anilines is 2. The average Bonchev–Trinajstić information content (AvgIpc) is 3.00. The van der Waals surface area contributed by atoms with E-state index in [9.17, 15) is 4.79 Å². The molecule has 4 rings (SSSR count). The van der Waals surface area contributed by atoms with Crippen LogP contribution >= 0.6 is 0 Å². The number of benzene rings is 2. The van der Waals surface area contributed by atoms with Gasteiger partial charge in [0.25, 0.3) is 5.91 Å². The van der Waals surface area contributed by atoms with Crippen LogP contribution in [0.3, 0.4) is 0 Å². The molecule has 1 fully saturated rings. The van der Waals surface area contributed by atoms with Crippen molar-refractivity contribution in [2.24, 2.45) is 0 Å². The lowest BCUT2D eigenvalue weighted by Crippen LogP contribution is -2.35. The quantitative estimate of drug-likeness (QED) is 0.725. The van der Waals surface area contributed by atoms with E-state index in [1.54, 1.807) is 18.5 Å². The van der Waals surface area contributed by atoms with E-state index < -0.39 is 0 Å². The maximum absolute atomic E-state index is 13.1. The van der Waals surface area contributed by atoms with Crippen LogP contribution < -0.4 is 5.32 Å². The number of nitrogens with one attached hydrogen (secondary N) is 1. The third-order valence-electron chi connectivity index (χ3n) is 5.06. The van der Waals surface area contributed by atoms with Crippen LogP contribution in [-0.4, -0.2) is 51.9 Å². The van der Waals surface area contributed by atoms with Crippen molar-refractivity contribution in [3.8, 4) is 0 Å². The lowest BCUT2D eigenvalue weighted by atomic mass is 10.1. The lowest BCUT2D eigenvalue weighted by molar-refractivity contribution is 0.0761. The second-order valence-electron chi connectivity index (χ2n) is 7.19. The first-order chi connectivity index (χ1) is 14.3. The van der Waals surface area contributed by atoms with Crippen molar-refractivity contribution in [1.82, 2.24) is 19.8 Å². The molecule has 2 aromatic carbocycles. The Bertz CT molecular complexity index is 932. The van der Waals surface area contributed by atoms with Crippen LogP contribution in [0.4, 0.5) is 11.6 Å². The van der Waals surface area contributed by atoms with Crippen molar-refractivity contribution < 1.29 is 4.79 Å². The molecule has 2 heterocycles. The van der Waals surface area contributed by atoms with Gasteiger partial charge in [0.2, 0.25) is 5.95 Å². The fourth-order valence-electron chi connectivity index (χ4n) is 3.58. The molecule has 0 saturated carbocycles. The van der Waals surface area contributed by atoms with Gasteiger partial charge >= 0.3 is 0 Å². The van der Waals surface area contributed by atoms with Crippen molar-refractivity contribution >= 4 is 17.5 Å². The smallest absolute Gasteiger partial charge is 0.253 e. The molecule has 1 aliphatic rings. The molecule has 0 aliphatic carbocycles. The standard InChI is InChI=1S/C23H25N5O/c29-22(20-9-4-10-21(17-20)26-23-24-11-5-12-25-23)28-14-6-13-27(15-16-28)18-19-7-2-1-3-8-19/h1-5,7-12,17H,6,13-16,18H2,(H,24,25,26). The molecular formula is C23H25N5O. The predicted octanol–water partition coefficient (Wildman–Crippen LogP) is 3.57. The van der Waals surface area contributed by atoms with Crippen LogP contribution in [0.25, 0.3) is 0 Å². The summed E-state index contributed by atoms with van der Waals surface area (Å²) in [6.45, 7) is 4.34. The van der Waals surface area contributed by atoms with Crippen molar-refractivity contribution in [2.75, 3.05) is 31.5 Å². The predicted molar refractivity (Wildman–Crippen MR) is 114 cm³/mol. The Balaban J connectivity index is 1.38. The Morgan fingerprint density at radius 2 is 1.72 bits per heavy atom. The van der Waals surface area contributed by atoms with E-state index >= 15 is 0 Å². The molecule has 1 N–H and O–H groups in total. The summed E-state index contributed by atoms with van der Waals surface area (Å²) in [6.07, 6.45) is 4.35. The molecule has 0 atom stereocenters. The molecule has 3 aromatic rings. The molecule has 148 valence electrons. The zero-order valence-electron chi connectivity index (χ0n) is 16.4. The number of amides is 1. The number of nitrogens with zero attached hydrogens (tertiary/aromatic N) is 4. The maximum Gasteiger partial charge on any atom is 0.253 e. The van der Waals surface area contributed by atoms with Crippen LogP contribution in [0.15, 0.2) is 73.1 Å². The summed E-state index contributed by atoms with van der Waals surface area (Å²) >= 11 is 0. The fraction of sp³-hybridized carbons (Fsp3) is 0.261. The Kier molecular flexibility index (Phi) is 6.12. The highest BCUT2D eigenvalue weighted by Gasteiger charge is 2.20. The monoisotopic (exact) mass is 387 g/mol. The molecular weight excluding hydrogens is 362 g/mol. The normalized spacial score (nSPS) is 15.0. The highest BCUT2D eigenvalue weighted by atomic mass is 16.2. The number of hydrogen-bond donors (Lipinski definition) is 1. The number of rotatable bonds is 5. The van der Waals surface area contributed by atoms with E-state index in [2.05, 4.69) is 44.5 Å². The third-order valence-corrected chi connectivity index (χ3v) is 5.06. The van der Waals surface area contributed by atoms with Crippen LogP contribution in [-0.2, 0) is 6.54 Å². The highest BCUT2D eigenvalue weighted by Crippen LogP contribution is 2.17. The van der Waals surface area contributed by atoms with Gasteiger partial charge in [0.1, 0.15) is 0 Å². The summed E-state index contributed by atoms with van der Waals surface area (Å²) in [7, 11) is 0. The molecule has 0 bridgehead atoms. The third kappa shape index (κ3) is 5.18. The molecule has 0 unspecified atom stereocenters. The molecule has 6 nitrogen and oxygen atoms in total. The molecule has 1 aromatic heterocycles. The Morgan fingerprint density at radius 3 is 2.55 bits per heavy atom. The van der Waals surface area contributed by atoms with Crippen molar-refractivity contribution in [2.45, 2.75) is 13.0 Å². The summed E-state index contributed by atoms with van der Waals surface area (Å²) < 4.78 is 0. The van der Waals surface area contributed by atoms with E-state index in [1.807, 2.05) is 35.2 Å². The lowest BCUT2D eigenvalue weighted by Gasteiger charge is -2.22. The van der Waals surface area contributed by atoms with Gasteiger partial charge in [-0.2, -0.15) is 0 Å². The molecule has 29 heavy (non-hydrogen) atoms. The van der Waals surface area contributed by atoms with E-state index in [0.29, 0.717) is 11.5 Å². The summed E-state index contributed by atoms with van der Waals surface area (Å²) in [5.41, 5.74) is 2.80. The van der Waals surface area contributed by atoms with Crippen molar-refractivity contribution in [3.05, 3.63) is 84.2 Å². The van der Waals surface area contributed by atoms with Crippen LogP contribution in [0.5, 0.6) is 0 Å². The molecule has 0 spiro atoms. The minimum atomic E-state index is 0.0733. The van der Waals surface area contributed by atoms with E-state index in [1.165, 1.54) is 5.56 Å². The number of carbonyl (C=O) groups is 1. The molecule has 1 aliphatic heterocycles. The Hall–Kier alpha value is -3.25. The van der Waals surface area contributed by atoms with Crippen LogP contribution in [0.1, 0.15) is 22.3 Å². The number of carbonyl (C=O) groups excluding carboxylic acids is 1. The highest BCUT2D eigenvalue weighted by molar-refractivity contribution is 5.95. The van der Waals surface area contributed by atoms with Gasteiger partial charge in [0, 0.05) is 56.4 Å². The Morgan fingerprint density at radius 1 is 0.897 bits per heavy atom. The van der Waals surface area contributed by atoms with Gasteiger partial charge in [-0.1, -0.05) is 36.4 Å². The van der Waals surface area contributed by atoms with Gasteiger partial charge in [0.15, 0.2) is 0 Å². The topological polar surface area (TPSA) is 61.4 Å². The second kappa shape index (κ2) is 9.30. The van der Waals surface area contributed by atoms with Gasteiger partial charge in [-0.05, 0) is 36.2 Å². The van der Waals surface area contributed by atoms with E-state index in [-0.39, 0.29) is 5.91 Å². The minimum Gasteiger partial charge on any atom is -0.337 e. The van der Waals surface area contributed by atoms with Crippen LogP contribution in [0, 0.1) is 0 Å². The number of hydrogen-bond acceptors (Lipinski definition) is 5. The van der Waals surface area contributed by atoms with Gasteiger partial charge < -0.3 is 10.2 Å². The summed E-state index contributed by atoms with van der Waals surface area (Å²) in [5.74, 6) is 0.590. The van der Waals surface area contributed by atoms with Gasteiger partial charge in [-0.3, -0.25) is 9.69 Å².